The van der Waals surface area contributed by atoms with Crippen LogP contribution in [0.15, 0.2) is 34.9 Å². The standard InChI is InChI=1S/C13H11N3O2/c1-16(2)13(17)8-7-18-12-11(8)14-9-5-3-4-6-10(9)15-12/h3-7H,1-2H3. The fourth-order valence-corrected chi connectivity index (χ4v) is 1.80. The molecule has 1 aromatic carbocycles. The molecule has 3 aromatic rings. The van der Waals surface area contributed by atoms with Crippen LogP contribution in [0.3, 0.4) is 0 Å². The summed E-state index contributed by atoms with van der Waals surface area (Å²) in [6.07, 6.45) is 1.41. The van der Waals surface area contributed by atoms with Crippen LogP contribution in [0.5, 0.6) is 0 Å². The third-order valence-electron chi connectivity index (χ3n) is 2.72. The van der Waals surface area contributed by atoms with Gasteiger partial charge in [-0.15, -0.1) is 0 Å². The zero-order valence-electron chi connectivity index (χ0n) is 10.0. The first kappa shape index (κ1) is 10.7. The number of nitrogens with zero attached hydrogens (tertiary/aromatic N) is 3. The van der Waals surface area contributed by atoms with Crippen LogP contribution < -0.4 is 0 Å². The van der Waals surface area contributed by atoms with E-state index in [0.29, 0.717) is 16.8 Å². The predicted octanol–water partition coefficient (Wildman–Crippen LogP) is 2.08. The van der Waals surface area contributed by atoms with Crippen molar-refractivity contribution in [2.24, 2.45) is 0 Å². The average Bonchev–Trinajstić information content (AvgIpc) is 2.77. The Balaban J connectivity index is 2.30. The summed E-state index contributed by atoms with van der Waals surface area (Å²) in [5.74, 6) is -0.140. The van der Waals surface area contributed by atoms with E-state index in [0.717, 1.165) is 11.0 Å². The summed E-state index contributed by atoms with van der Waals surface area (Å²) >= 11 is 0. The maximum absolute atomic E-state index is 12.0. The van der Waals surface area contributed by atoms with Crippen LogP contribution in [0.1, 0.15) is 10.4 Å². The maximum atomic E-state index is 12.0. The number of hydrogen-bond acceptors (Lipinski definition) is 4. The fourth-order valence-electron chi connectivity index (χ4n) is 1.80. The minimum atomic E-state index is -0.140. The SMILES string of the molecule is CN(C)C(=O)c1coc2nc3ccccc3nc12. The van der Waals surface area contributed by atoms with Gasteiger partial charge in [0, 0.05) is 14.1 Å². The van der Waals surface area contributed by atoms with E-state index in [-0.39, 0.29) is 5.91 Å². The molecule has 0 atom stereocenters. The van der Waals surface area contributed by atoms with Crippen LogP contribution in [0.4, 0.5) is 0 Å². The normalized spacial score (nSPS) is 11.0. The Kier molecular flexibility index (Phi) is 2.26. The topological polar surface area (TPSA) is 59.2 Å². The minimum absolute atomic E-state index is 0.140. The molecule has 0 bridgehead atoms. The maximum Gasteiger partial charge on any atom is 0.258 e. The molecule has 1 amide bonds. The minimum Gasteiger partial charge on any atom is -0.444 e. The van der Waals surface area contributed by atoms with Gasteiger partial charge in [-0.3, -0.25) is 4.79 Å². The van der Waals surface area contributed by atoms with Crippen LogP contribution in [-0.2, 0) is 0 Å². The van der Waals surface area contributed by atoms with Gasteiger partial charge in [0.1, 0.15) is 17.3 Å². The van der Waals surface area contributed by atoms with Crippen LogP contribution in [-0.4, -0.2) is 34.9 Å². The first-order chi connectivity index (χ1) is 8.66. The van der Waals surface area contributed by atoms with Crippen molar-refractivity contribution in [2.45, 2.75) is 0 Å². The molecule has 90 valence electrons. The van der Waals surface area contributed by atoms with E-state index < -0.39 is 0 Å². The number of para-hydroxylation sites is 2. The molecule has 0 aliphatic rings. The molecule has 0 fully saturated rings. The number of amides is 1. The van der Waals surface area contributed by atoms with E-state index in [4.69, 9.17) is 4.42 Å². The third kappa shape index (κ3) is 1.52. The molecule has 5 heteroatoms. The number of aromatic nitrogens is 2. The predicted molar refractivity (Wildman–Crippen MR) is 67.3 cm³/mol. The number of furan rings is 1. The van der Waals surface area contributed by atoms with Gasteiger partial charge in [-0.2, -0.15) is 0 Å². The molecule has 2 heterocycles. The summed E-state index contributed by atoms with van der Waals surface area (Å²) in [5, 5.41) is 0. The molecular weight excluding hydrogens is 230 g/mol. The Morgan fingerprint density at radius 1 is 1.17 bits per heavy atom. The summed E-state index contributed by atoms with van der Waals surface area (Å²) in [6, 6.07) is 7.49. The van der Waals surface area contributed by atoms with Gasteiger partial charge in [0.2, 0.25) is 5.71 Å². The molecule has 0 radical (unpaired) electrons. The molecule has 0 unspecified atom stereocenters. The van der Waals surface area contributed by atoms with E-state index in [1.54, 1.807) is 14.1 Å². The lowest BCUT2D eigenvalue weighted by atomic mass is 10.2. The fraction of sp³-hybridized carbons (Fsp3) is 0.154. The van der Waals surface area contributed by atoms with Gasteiger partial charge in [-0.1, -0.05) is 12.1 Å². The molecule has 5 nitrogen and oxygen atoms in total. The van der Waals surface area contributed by atoms with Gasteiger partial charge in [0.05, 0.1) is 11.0 Å². The van der Waals surface area contributed by atoms with Crippen molar-refractivity contribution in [3.05, 3.63) is 36.1 Å². The first-order valence-electron chi connectivity index (χ1n) is 5.52. The third-order valence-corrected chi connectivity index (χ3v) is 2.72. The highest BCUT2D eigenvalue weighted by Gasteiger charge is 2.18. The van der Waals surface area contributed by atoms with Gasteiger partial charge in [-0.05, 0) is 12.1 Å². The van der Waals surface area contributed by atoms with Crippen LogP contribution >= 0.6 is 0 Å². The van der Waals surface area contributed by atoms with Crippen molar-refractivity contribution in [1.29, 1.82) is 0 Å². The zero-order chi connectivity index (χ0) is 12.7. The highest BCUT2D eigenvalue weighted by atomic mass is 16.3. The molecule has 2 aromatic heterocycles. The number of rotatable bonds is 1. The van der Waals surface area contributed by atoms with Gasteiger partial charge < -0.3 is 9.32 Å². The van der Waals surface area contributed by atoms with Crippen molar-refractivity contribution in [3.8, 4) is 0 Å². The summed E-state index contributed by atoms with van der Waals surface area (Å²) in [4.78, 5) is 22.2. The quantitative estimate of drug-likeness (QED) is 0.654. The van der Waals surface area contributed by atoms with Gasteiger partial charge in [0.15, 0.2) is 0 Å². The lowest BCUT2D eigenvalue weighted by molar-refractivity contribution is 0.0828. The zero-order valence-corrected chi connectivity index (χ0v) is 10.0. The van der Waals surface area contributed by atoms with Crippen molar-refractivity contribution >= 4 is 28.2 Å². The van der Waals surface area contributed by atoms with E-state index in [2.05, 4.69) is 9.97 Å². The summed E-state index contributed by atoms with van der Waals surface area (Å²) < 4.78 is 5.31. The van der Waals surface area contributed by atoms with Crippen molar-refractivity contribution in [2.75, 3.05) is 14.1 Å². The largest absolute Gasteiger partial charge is 0.444 e. The Morgan fingerprint density at radius 2 is 1.83 bits per heavy atom. The highest BCUT2D eigenvalue weighted by molar-refractivity contribution is 6.04. The van der Waals surface area contributed by atoms with Gasteiger partial charge >= 0.3 is 0 Å². The molecule has 0 aliphatic heterocycles. The molecule has 0 spiro atoms. The number of hydrogen-bond donors (Lipinski definition) is 0. The molecule has 0 saturated heterocycles. The van der Waals surface area contributed by atoms with E-state index in [9.17, 15) is 4.79 Å². The van der Waals surface area contributed by atoms with Gasteiger partial charge in [0.25, 0.3) is 5.91 Å². The Bertz CT molecular complexity index is 746. The number of carbonyl (C=O) groups is 1. The number of fused-ring (bicyclic) bond motifs is 2. The van der Waals surface area contributed by atoms with Crippen molar-refractivity contribution in [3.63, 3.8) is 0 Å². The first-order valence-corrected chi connectivity index (χ1v) is 5.52. The average molecular weight is 241 g/mol. The number of carbonyl (C=O) groups excluding carboxylic acids is 1. The Labute approximate surface area is 103 Å². The van der Waals surface area contributed by atoms with Crippen LogP contribution in [0, 0.1) is 0 Å². The summed E-state index contributed by atoms with van der Waals surface area (Å²) in [5.41, 5.74) is 2.84. The Hall–Kier alpha value is -2.43. The van der Waals surface area contributed by atoms with E-state index in [1.807, 2.05) is 24.3 Å². The molecule has 3 rings (SSSR count). The molecule has 0 N–H and O–H groups in total. The number of benzene rings is 1. The molecule has 0 aliphatic carbocycles. The van der Waals surface area contributed by atoms with E-state index >= 15 is 0 Å². The van der Waals surface area contributed by atoms with Crippen LogP contribution in [0.2, 0.25) is 0 Å². The Morgan fingerprint density at radius 3 is 2.50 bits per heavy atom. The highest BCUT2D eigenvalue weighted by Crippen LogP contribution is 2.21. The molecule has 0 saturated carbocycles. The molecule has 18 heavy (non-hydrogen) atoms. The lowest BCUT2D eigenvalue weighted by Crippen LogP contribution is -2.21. The van der Waals surface area contributed by atoms with E-state index in [1.165, 1.54) is 11.2 Å². The van der Waals surface area contributed by atoms with Crippen molar-refractivity contribution < 1.29 is 9.21 Å². The van der Waals surface area contributed by atoms with Gasteiger partial charge in [-0.25, -0.2) is 9.97 Å². The summed E-state index contributed by atoms with van der Waals surface area (Å²) in [6.45, 7) is 0. The second-order valence-corrected chi connectivity index (χ2v) is 4.22. The van der Waals surface area contributed by atoms with Crippen LogP contribution in [0.25, 0.3) is 22.3 Å². The lowest BCUT2D eigenvalue weighted by Gasteiger charge is -2.07. The molecular formula is C13H11N3O2. The monoisotopic (exact) mass is 241 g/mol. The second-order valence-electron chi connectivity index (χ2n) is 4.22. The smallest absolute Gasteiger partial charge is 0.258 e. The summed E-state index contributed by atoms with van der Waals surface area (Å²) in [7, 11) is 3.38. The van der Waals surface area contributed by atoms with Crippen molar-refractivity contribution in [1.82, 2.24) is 14.9 Å². The second kappa shape index (κ2) is 3.80.